The van der Waals surface area contributed by atoms with Gasteiger partial charge in [0.1, 0.15) is 11.3 Å². The van der Waals surface area contributed by atoms with E-state index in [-0.39, 0.29) is 17.1 Å². The number of carbonyl (C=O) groups is 1. The molecule has 0 bridgehead atoms. The summed E-state index contributed by atoms with van der Waals surface area (Å²) < 4.78 is 28.3. The molecule has 122 valence electrons. The van der Waals surface area contributed by atoms with Crippen LogP contribution in [0.2, 0.25) is 0 Å². The molecular weight excluding hydrogens is 320 g/mol. The third-order valence-electron chi connectivity index (χ3n) is 4.00. The number of H-pyrrole nitrogens is 1. The number of pyridine rings is 1. The molecular formula is C15H16N2O5S. The van der Waals surface area contributed by atoms with Crippen LogP contribution in [-0.4, -0.2) is 48.8 Å². The molecule has 2 aromatic rings. The average molecular weight is 336 g/mol. The van der Waals surface area contributed by atoms with Crippen LogP contribution >= 0.6 is 0 Å². The van der Waals surface area contributed by atoms with E-state index < -0.39 is 27.3 Å². The molecule has 1 amide bonds. The highest BCUT2D eigenvalue weighted by molar-refractivity contribution is 7.91. The Morgan fingerprint density at radius 3 is 2.70 bits per heavy atom. The van der Waals surface area contributed by atoms with E-state index in [1.54, 1.807) is 18.2 Å². The number of nitrogens with one attached hydrogen (secondary N) is 1. The fourth-order valence-corrected chi connectivity index (χ4v) is 4.43. The summed E-state index contributed by atoms with van der Waals surface area (Å²) in [6.45, 7) is 0. The molecule has 23 heavy (non-hydrogen) atoms. The van der Waals surface area contributed by atoms with Gasteiger partial charge in [-0.1, -0.05) is 0 Å². The number of furan rings is 1. The van der Waals surface area contributed by atoms with Gasteiger partial charge in [-0.2, -0.15) is 0 Å². The summed E-state index contributed by atoms with van der Waals surface area (Å²) in [4.78, 5) is 28.6. The van der Waals surface area contributed by atoms with Gasteiger partial charge in [-0.25, -0.2) is 8.42 Å². The first kappa shape index (κ1) is 15.5. The van der Waals surface area contributed by atoms with E-state index in [0.717, 1.165) is 0 Å². The number of hydrogen-bond acceptors (Lipinski definition) is 5. The van der Waals surface area contributed by atoms with Gasteiger partial charge in [-0.3, -0.25) is 9.59 Å². The second kappa shape index (κ2) is 5.69. The van der Waals surface area contributed by atoms with Crippen molar-refractivity contribution in [2.45, 2.75) is 12.5 Å². The van der Waals surface area contributed by atoms with Crippen molar-refractivity contribution in [2.75, 3.05) is 18.6 Å². The van der Waals surface area contributed by atoms with Crippen LogP contribution in [0, 0.1) is 0 Å². The molecule has 1 fully saturated rings. The van der Waals surface area contributed by atoms with Crippen LogP contribution in [0.4, 0.5) is 0 Å². The lowest BCUT2D eigenvalue weighted by atomic mass is 10.1. The molecule has 3 heterocycles. The molecule has 0 radical (unpaired) electrons. The lowest BCUT2D eigenvalue weighted by Gasteiger charge is -2.23. The molecule has 0 saturated carbocycles. The summed E-state index contributed by atoms with van der Waals surface area (Å²) in [5.74, 6) is 0.0245. The van der Waals surface area contributed by atoms with Crippen LogP contribution in [0.1, 0.15) is 16.8 Å². The topological polar surface area (TPSA) is 100 Å². The Hall–Kier alpha value is -2.35. The molecule has 1 N–H and O–H groups in total. The molecule has 1 aliphatic rings. The second-order valence-corrected chi connectivity index (χ2v) is 7.79. The molecule has 7 nitrogen and oxygen atoms in total. The summed E-state index contributed by atoms with van der Waals surface area (Å²) in [7, 11) is -1.57. The van der Waals surface area contributed by atoms with E-state index in [0.29, 0.717) is 17.9 Å². The molecule has 0 spiro atoms. The minimum atomic E-state index is -3.09. The van der Waals surface area contributed by atoms with Crippen molar-refractivity contribution in [1.82, 2.24) is 9.88 Å². The predicted molar refractivity (Wildman–Crippen MR) is 83.9 cm³/mol. The number of hydrogen-bond donors (Lipinski definition) is 1. The number of amides is 1. The first-order chi connectivity index (χ1) is 10.9. The maximum absolute atomic E-state index is 12.4. The zero-order valence-electron chi connectivity index (χ0n) is 12.5. The number of carbonyl (C=O) groups excluding carboxylic acids is 1. The largest absolute Gasteiger partial charge is 0.463 e. The Morgan fingerprint density at radius 2 is 2.13 bits per heavy atom. The van der Waals surface area contributed by atoms with Gasteiger partial charge >= 0.3 is 0 Å². The van der Waals surface area contributed by atoms with E-state index in [1.807, 2.05) is 0 Å². The summed E-state index contributed by atoms with van der Waals surface area (Å²) in [6.07, 6.45) is 1.88. The molecule has 1 saturated heterocycles. The van der Waals surface area contributed by atoms with E-state index >= 15 is 0 Å². The summed E-state index contributed by atoms with van der Waals surface area (Å²) in [6, 6.07) is 6.02. The summed E-state index contributed by atoms with van der Waals surface area (Å²) in [5.41, 5.74) is -0.0774. The van der Waals surface area contributed by atoms with Gasteiger partial charge in [0.2, 0.25) is 0 Å². The molecule has 0 aliphatic carbocycles. The van der Waals surface area contributed by atoms with E-state index in [4.69, 9.17) is 4.42 Å². The first-order valence-electron chi connectivity index (χ1n) is 7.12. The zero-order chi connectivity index (χ0) is 16.6. The number of aromatic amines is 1. The average Bonchev–Trinajstić information content (AvgIpc) is 3.15. The van der Waals surface area contributed by atoms with Crippen LogP contribution in [0.5, 0.6) is 0 Å². The molecule has 3 rings (SSSR count). The van der Waals surface area contributed by atoms with Gasteiger partial charge < -0.3 is 14.3 Å². The van der Waals surface area contributed by atoms with Gasteiger partial charge in [-0.05, 0) is 30.7 Å². The van der Waals surface area contributed by atoms with E-state index in [2.05, 4.69) is 4.98 Å². The van der Waals surface area contributed by atoms with E-state index in [1.165, 1.54) is 24.3 Å². The Labute approximate surface area is 132 Å². The minimum absolute atomic E-state index is 0.0212. The van der Waals surface area contributed by atoms with Crippen molar-refractivity contribution in [3.05, 3.63) is 46.4 Å². The van der Waals surface area contributed by atoms with Gasteiger partial charge in [-0.15, -0.1) is 0 Å². The number of aromatic nitrogens is 1. The van der Waals surface area contributed by atoms with Crippen LogP contribution in [0.3, 0.4) is 0 Å². The highest BCUT2D eigenvalue weighted by atomic mass is 32.2. The molecule has 0 unspecified atom stereocenters. The lowest BCUT2D eigenvalue weighted by Crippen LogP contribution is -2.40. The van der Waals surface area contributed by atoms with Crippen molar-refractivity contribution >= 4 is 15.7 Å². The van der Waals surface area contributed by atoms with E-state index in [9.17, 15) is 18.0 Å². The van der Waals surface area contributed by atoms with Gasteiger partial charge in [0.25, 0.3) is 11.5 Å². The summed E-state index contributed by atoms with van der Waals surface area (Å²) >= 11 is 0. The number of nitrogens with zero attached hydrogens (tertiary/aromatic N) is 1. The van der Waals surface area contributed by atoms with Crippen molar-refractivity contribution in [3.63, 3.8) is 0 Å². The molecule has 0 aromatic carbocycles. The van der Waals surface area contributed by atoms with Crippen molar-refractivity contribution in [1.29, 1.82) is 0 Å². The normalized spacial score (nSPS) is 19.6. The Kier molecular flexibility index (Phi) is 3.85. The van der Waals surface area contributed by atoms with Crippen molar-refractivity contribution in [3.8, 4) is 11.5 Å². The fraction of sp³-hybridized carbons (Fsp3) is 0.333. The Balaban J connectivity index is 1.84. The van der Waals surface area contributed by atoms with Crippen LogP contribution < -0.4 is 5.56 Å². The predicted octanol–water partition coefficient (Wildman–Crippen LogP) is 0.894. The number of rotatable bonds is 3. The van der Waals surface area contributed by atoms with Crippen LogP contribution in [-0.2, 0) is 9.84 Å². The van der Waals surface area contributed by atoms with Crippen molar-refractivity contribution in [2.24, 2.45) is 0 Å². The van der Waals surface area contributed by atoms with Crippen molar-refractivity contribution < 1.29 is 17.6 Å². The summed E-state index contributed by atoms with van der Waals surface area (Å²) in [5, 5.41) is 0. The molecule has 8 heteroatoms. The highest BCUT2D eigenvalue weighted by Crippen LogP contribution is 2.19. The maximum atomic E-state index is 12.4. The highest BCUT2D eigenvalue weighted by Gasteiger charge is 2.33. The third kappa shape index (κ3) is 3.07. The minimum Gasteiger partial charge on any atom is -0.463 e. The Morgan fingerprint density at radius 1 is 1.35 bits per heavy atom. The number of sulfone groups is 1. The standard InChI is InChI=1S/C15H16N2O5S/c1-17(10-6-8-23(20,21)9-10)15(19)11-4-5-12(16-14(11)18)13-3-2-7-22-13/h2-5,7,10H,6,8-9H2,1H3,(H,16,18)/t10-/m1/s1. The monoisotopic (exact) mass is 336 g/mol. The molecule has 2 aromatic heterocycles. The second-order valence-electron chi connectivity index (χ2n) is 5.57. The SMILES string of the molecule is CN(C(=O)c1ccc(-c2ccco2)[nH]c1=O)[C@@H]1CCS(=O)(=O)C1. The first-order valence-corrected chi connectivity index (χ1v) is 8.94. The fourth-order valence-electron chi connectivity index (χ4n) is 2.65. The smallest absolute Gasteiger partial charge is 0.261 e. The zero-order valence-corrected chi connectivity index (χ0v) is 13.3. The molecule has 1 atom stereocenters. The van der Waals surface area contributed by atoms with Gasteiger partial charge in [0, 0.05) is 13.1 Å². The molecule has 1 aliphatic heterocycles. The van der Waals surface area contributed by atoms with Gasteiger partial charge in [0.05, 0.1) is 23.5 Å². The van der Waals surface area contributed by atoms with Crippen LogP contribution in [0.25, 0.3) is 11.5 Å². The lowest BCUT2D eigenvalue weighted by molar-refractivity contribution is 0.0746. The van der Waals surface area contributed by atoms with Gasteiger partial charge in [0.15, 0.2) is 9.84 Å². The maximum Gasteiger partial charge on any atom is 0.261 e. The quantitative estimate of drug-likeness (QED) is 0.897. The van der Waals surface area contributed by atoms with Crippen LogP contribution in [0.15, 0.2) is 39.7 Å². The third-order valence-corrected chi connectivity index (χ3v) is 5.75. The Bertz CT molecular complexity index is 883.